The zero-order chi connectivity index (χ0) is 22.2. The fourth-order valence-electron chi connectivity index (χ4n) is 4.03. The average molecular weight is 443 g/mol. The first-order valence-corrected chi connectivity index (χ1v) is 11.4. The van der Waals surface area contributed by atoms with E-state index in [1.807, 2.05) is 56.3 Å². The summed E-state index contributed by atoms with van der Waals surface area (Å²) < 4.78 is 5.75. The molecule has 6 heteroatoms. The summed E-state index contributed by atoms with van der Waals surface area (Å²) in [4.78, 5) is 27.9. The fourth-order valence-corrected chi connectivity index (χ4v) is 4.23. The molecule has 1 saturated carbocycles. The van der Waals surface area contributed by atoms with Crippen molar-refractivity contribution in [2.24, 2.45) is 0 Å². The standard InChI is InChI=1S/C25H31ClN2O3/c1-3-23(25(30)27-20-11-5-6-12-20)28(16-19-10-4-7-14-22(19)26)24(29)17-31-21-13-8-9-18(2)15-21/h4,7-10,13-15,20,23H,3,5-6,11-12,16-17H2,1-2H3,(H,27,30). The van der Waals surface area contributed by atoms with E-state index in [0.29, 0.717) is 17.2 Å². The van der Waals surface area contributed by atoms with Gasteiger partial charge in [0.2, 0.25) is 5.91 Å². The molecule has 2 amide bonds. The molecule has 1 atom stereocenters. The Hall–Kier alpha value is -2.53. The predicted molar refractivity (Wildman–Crippen MR) is 123 cm³/mol. The number of nitrogens with zero attached hydrogens (tertiary/aromatic N) is 1. The minimum atomic E-state index is -0.578. The maximum absolute atomic E-state index is 13.2. The monoisotopic (exact) mass is 442 g/mol. The Kier molecular flexibility index (Phi) is 8.35. The Morgan fingerprint density at radius 3 is 2.58 bits per heavy atom. The third-order valence-corrected chi connectivity index (χ3v) is 6.11. The van der Waals surface area contributed by atoms with E-state index in [1.165, 1.54) is 0 Å². The lowest BCUT2D eigenvalue weighted by molar-refractivity contribution is -0.143. The number of carbonyl (C=O) groups excluding carboxylic acids is 2. The predicted octanol–water partition coefficient (Wildman–Crippen LogP) is 4.89. The molecule has 0 aliphatic heterocycles. The van der Waals surface area contributed by atoms with Crippen LogP contribution < -0.4 is 10.1 Å². The van der Waals surface area contributed by atoms with Gasteiger partial charge in [0.05, 0.1) is 0 Å². The van der Waals surface area contributed by atoms with E-state index < -0.39 is 6.04 Å². The highest BCUT2D eigenvalue weighted by molar-refractivity contribution is 6.31. The van der Waals surface area contributed by atoms with Crippen LogP contribution in [0.3, 0.4) is 0 Å². The second-order valence-corrected chi connectivity index (χ2v) is 8.54. The molecule has 1 aliphatic rings. The first kappa shape index (κ1) is 23.1. The molecule has 1 unspecified atom stereocenters. The number of nitrogens with one attached hydrogen (secondary N) is 1. The van der Waals surface area contributed by atoms with Crippen LogP contribution >= 0.6 is 11.6 Å². The highest BCUT2D eigenvalue weighted by atomic mass is 35.5. The van der Waals surface area contributed by atoms with Crippen molar-refractivity contribution >= 4 is 23.4 Å². The molecule has 3 rings (SSSR count). The molecule has 5 nitrogen and oxygen atoms in total. The minimum Gasteiger partial charge on any atom is -0.484 e. The van der Waals surface area contributed by atoms with Gasteiger partial charge >= 0.3 is 0 Å². The van der Waals surface area contributed by atoms with Crippen molar-refractivity contribution in [3.05, 3.63) is 64.7 Å². The molecule has 1 aliphatic carbocycles. The van der Waals surface area contributed by atoms with Gasteiger partial charge in [-0.1, -0.05) is 61.7 Å². The van der Waals surface area contributed by atoms with Gasteiger partial charge in [0.15, 0.2) is 6.61 Å². The Morgan fingerprint density at radius 2 is 1.90 bits per heavy atom. The summed E-state index contributed by atoms with van der Waals surface area (Å²) in [6.45, 7) is 4.01. The van der Waals surface area contributed by atoms with Gasteiger partial charge in [-0.2, -0.15) is 0 Å². The van der Waals surface area contributed by atoms with E-state index in [9.17, 15) is 9.59 Å². The molecular formula is C25H31ClN2O3. The summed E-state index contributed by atoms with van der Waals surface area (Å²) >= 11 is 6.36. The number of rotatable bonds is 9. The summed E-state index contributed by atoms with van der Waals surface area (Å²) in [5.74, 6) is 0.287. The summed E-state index contributed by atoms with van der Waals surface area (Å²) in [7, 11) is 0. The van der Waals surface area contributed by atoms with Crippen LogP contribution in [0.25, 0.3) is 0 Å². The molecule has 0 heterocycles. The number of halogens is 1. The number of hydrogen-bond acceptors (Lipinski definition) is 3. The van der Waals surface area contributed by atoms with E-state index >= 15 is 0 Å². The summed E-state index contributed by atoms with van der Waals surface area (Å²) in [5, 5.41) is 3.72. The topological polar surface area (TPSA) is 58.6 Å². The molecule has 2 aromatic carbocycles. The minimum absolute atomic E-state index is 0.106. The zero-order valence-electron chi connectivity index (χ0n) is 18.3. The van der Waals surface area contributed by atoms with Gasteiger partial charge in [-0.15, -0.1) is 0 Å². The van der Waals surface area contributed by atoms with Crippen molar-refractivity contribution in [2.75, 3.05) is 6.61 Å². The number of amides is 2. The highest BCUT2D eigenvalue weighted by Gasteiger charge is 2.31. The third-order valence-electron chi connectivity index (χ3n) is 5.74. The van der Waals surface area contributed by atoms with Crippen LogP contribution in [0, 0.1) is 6.92 Å². The van der Waals surface area contributed by atoms with Crippen molar-refractivity contribution in [3.8, 4) is 5.75 Å². The molecular weight excluding hydrogens is 412 g/mol. The maximum Gasteiger partial charge on any atom is 0.261 e. The maximum atomic E-state index is 13.2. The van der Waals surface area contributed by atoms with Crippen LogP contribution in [-0.2, 0) is 16.1 Å². The number of carbonyl (C=O) groups is 2. The largest absolute Gasteiger partial charge is 0.484 e. The van der Waals surface area contributed by atoms with Crippen molar-refractivity contribution in [3.63, 3.8) is 0 Å². The second-order valence-electron chi connectivity index (χ2n) is 8.13. The lowest BCUT2D eigenvalue weighted by Gasteiger charge is -2.31. The normalized spacial score (nSPS) is 14.8. The van der Waals surface area contributed by atoms with E-state index in [2.05, 4.69) is 5.32 Å². The van der Waals surface area contributed by atoms with Gasteiger partial charge in [-0.25, -0.2) is 0 Å². The van der Waals surface area contributed by atoms with E-state index in [1.54, 1.807) is 11.0 Å². The van der Waals surface area contributed by atoms with Crippen LogP contribution in [0.5, 0.6) is 5.75 Å². The van der Waals surface area contributed by atoms with E-state index in [4.69, 9.17) is 16.3 Å². The van der Waals surface area contributed by atoms with Crippen molar-refractivity contribution < 1.29 is 14.3 Å². The van der Waals surface area contributed by atoms with Gasteiger partial charge in [-0.3, -0.25) is 9.59 Å². The Morgan fingerprint density at radius 1 is 1.16 bits per heavy atom. The smallest absolute Gasteiger partial charge is 0.261 e. The molecule has 1 N–H and O–H groups in total. The van der Waals surface area contributed by atoms with Crippen LogP contribution in [0.15, 0.2) is 48.5 Å². The quantitative estimate of drug-likeness (QED) is 0.601. The van der Waals surface area contributed by atoms with Gasteiger partial charge < -0.3 is 15.0 Å². The lowest BCUT2D eigenvalue weighted by atomic mass is 10.1. The molecule has 2 aromatic rings. The average Bonchev–Trinajstić information content (AvgIpc) is 3.26. The fraction of sp³-hybridized carbons (Fsp3) is 0.440. The van der Waals surface area contributed by atoms with Crippen LogP contribution in [0.4, 0.5) is 0 Å². The van der Waals surface area contributed by atoms with Crippen molar-refractivity contribution in [1.82, 2.24) is 10.2 Å². The summed E-state index contributed by atoms with van der Waals surface area (Å²) in [5.41, 5.74) is 1.86. The SMILES string of the molecule is CCC(C(=O)NC1CCCC1)N(Cc1ccccc1Cl)C(=O)COc1cccc(C)c1. The highest BCUT2D eigenvalue weighted by Crippen LogP contribution is 2.22. The molecule has 0 spiro atoms. The van der Waals surface area contributed by atoms with Gasteiger partial charge in [0, 0.05) is 17.6 Å². The molecule has 0 aromatic heterocycles. The number of aryl methyl sites for hydroxylation is 1. The van der Waals surface area contributed by atoms with Crippen molar-refractivity contribution in [1.29, 1.82) is 0 Å². The second kappa shape index (κ2) is 11.2. The Labute approximate surface area is 189 Å². The lowest BCUT2D eigenvalue weighted by Crippen LogP contribution is -2.52. The van der Waals surface area contributed by atoms with E-state index in [-0.39, 0.29) is 31.0 Å². The molecule has 1 fully saturated rings. The van der Waals surface area contributed by atoms with E-state index in [0.717, 1.165) is 36.8 Å². The number of hydrogen-bond donors (Lipinski definition) is 1. The molecule has 0 radical (unpaired) electrons. The van der Waals surface area contributed by atoms with Crippen molar-refractivity contribution in [2.45, 2.75) is 64.6 Å². The summed E-state index contributed by atoms with van der Waals surface area (Å²) in [6.07, 6.45) is 4.77. The van der Waals surface area contributed by atoms with Gasteiger partial charge in [0.25, 0.3) is 5.91 Å². The third kappa shape index (κ3) is 6.47. The molecule has 31 heavy (non-hydrogen) atoms. The number of ether oxygens (including phenoxy) is 1. The van der Waals surface area contributed by atoms with Gasteiger partial charge in [0.1, 0.15) is 11.8 Å². The zero-order valence-corrected chi connectivity index (χ0v) is 19.0. The Bertz CT molecular complexity index is 896. The molecule has 0 bridgehead atoms. The summed E-state index contributed by atoms with van der Waals surface area (Å²) in [6, 6.07) is 14.6. The Balaban J connectivity index is 1.77. The molecule has 0 saturated heterocycles. The molecule has 166 valence electrons. The van der Waals surface area contributed by atoms with Gasteiger partial charge in [-0.05, 0) is 55.5 Å². The first-order chi connectivity index (χ1) is 15.0. The van der Waals surface area contributed by atoms with Crippen LogP contribution in [-0.4, -0.2) is 35.4 Å². The first-order valence-electron chi connectivity index (χ1n) is 11.0. The number of benzene rings is 2. The van der Waals surface area contributed by atoms with Crippen LogP contribution in [0.1, 0.15) is 50.2 Å². The van der Waals surface area contributed by atoms with Crippen LogP contribution in [0.2, 0.25) is 5.02 Å².